The van der Waals surface area contributed by atoms with Crippen LogP contribution in [0.4, 0.5) is 14.6 Å². The lowest BCUT2D eigenvalue weighted by Crippen LogP contribution is -2.26. The number of aromatic nitrogens is 5. The van der Waals surface area contributed by atoms with Gasteiger partial charge in [0.25, 0.3) is 5.91 Å². The van der Waals surface area contributed by atoms with Crippen LogP contribution < -0.4 is 11.1 Å². The molecular formula is C14H10ClF2N7O. The van der Waals surface area contributed by atoms with Crippen LogP contribution in [0.15, 0.2) is 30.6 Å². The summed E-state index contributed by atoms with van der Waals surface area (Å²) >= 11 is 5.99. The minimum absolute atomic E-state index is 0.0605. The first kappa shape index (κ1) is 16.7. The van der Waals surface area contributed by atoms with Gasteiger partial charge in [0.05, 0.1) is 12.4 Å². The molecule has 0 fully saturated rings. The van der Waals surface area contributed by atoms with E-state index in [1.807, 2.05) is 0 Å². The Bertz CT molecular complexity index is 933. The van der Waals surface area contributed by atoms with E-state index >= 15 is 0 Å². The second-order valence-corrected chi connectivity index (χ2v) is 5.17. The molecule has 0 aliphatic carbocycles. The molecule has 2 heterocycles. The van der Waals surface area contributed by atoms with Crippen LogP contribution in [0.5, 0.6) is 0 Å². The minimum Gasteiger partial charge on any atom is -0.382 e. The molecule has 0 atom stereocenters. The average Bonchev–Trinajstić information content (AvgIpc) is 3.09. The SMILES string of the molecule is Nc1nc(-n2nccn2)c(Cl)nc1C(=O)NCc1ccc(F)cc1F. The van der Waals surface area contributed by atoms with Crippen LogP contribution in [0.1, 0.15) is 16.1 Å². The van der Waals surface area contributed by atoms with E-state index in [1.165, 1.54) is 18.5 Å². The molecule has 0 spiro atoms. The van der Waals surface area contributed by atoms with Gasteiger partial charge in [-0.2, -0.15) is 10.2 Å². The first-order chi connectivity index (χ1) is 12.0. The van der Waals surface area contributed by atoms with E-state index in [0.717, 1.165) is 16.9 Å². The Balaban J connectivity index is 1.79. The number of anilines is 1. The summed E-state index contributed by atoms with van der Waals surface area (Å²) in [5.74, 6) is -2.34. The fraction of sp³-hybridized carbons (Fsp3) is 0.0714. The monoisotopic (exact) mass is 365 g/mol. The Morgan fingerprint density at radius 1 is 1.24 bits per heavy atom. The zero-order valence-corrected chi connectivity index (χ0v) is 13.2. The number of rotatable bonds is 4. The number of nitrogen functional groups attached to an aromatic ring is 1. The number of benzene rings is 1. The number of amides is 1. The summed E-state index contributed by atoms with van der Waals surface area (Å²) in [5, 5.41) is 9.97. The number of carbonyl (C=O) groups is 1. The average molecular weight is 366 g/mol. The molecule has 0 radical (unpaired) electrons. The van der Waals surface area contributed by atoms with Crippen LogP contribution in [0, 0.1) is 11.6 Å². The molecule has 1 amide bonds. The highest BCUT2D eigenvalue weighted by atomic mass is 35.5. The number of carbonyl (C=O) groups excluding carboxylic acids is 1. The van der Waals surface area contributed by atoms with Gasteiger partial charge in [0.1, 0.15) is 11.6 Å². The maximum Gasteiger partial charge on any atom is 0.274 e. The normalized spacial score (nSPS) is 10.7. The summed E-state index contributed by atoms with van der Waals surface area (Å²) in [6.07, 6.45) is 2.82. The Kier molecular flexibility index (Phi) is 4.52. The van der Waals surface area contributed by atoms with Gasteiger partial charge < -0.3 is 11.1 Å². The standard InChI is InChI=1S/C14H10ClF2N7O/c15-11-13(24-20-3-4-21-24)23-12(18)10(22-11)14(25)19-6-7-1-2-8(16)5-9(7)17/h1-5H,6H2,(H2,18,23)(H,19,25). The van der Waals surface area contributed by atoms with Crippen molar-refractivity contribution < 1.29 is 13.6 Å². The molecule has 11 heteroatoms. The van der Waals surface area contributed by atoms with Crippen molar-refractivity contribution in [1.29, 1.82) is 0 Å². The van der Waals surface area contributed by atoms with Crippen molar-refractivity contribution in [3.8, 4) is 5.82 Å². The van der Waals surface area contributed by atoms with Crippen LogP contribution in [-0.2, 0) is 6.54 Å². The number of halogens is 3. The smallest absolute Gasteiger partial charge is 0.274 e. The zero-order chi connectivity index (χ0) is 18.0. The van der Waals surface area contributed by atoms with Crippen molar-refractivity contribution in [1.82, 2.24) is 30.3 Å². The van der Waals surface area contributed by atoms with E-state index in [9.17, 15) is 13.6 Å². The zero-order valence-electron chi connectivity index (χ0n) is 12.4. The highest BCUT2D eigenvalue weighted by Crippen LogP contribution is 2.18. The van der Waals surface area contributed by atoms with Crippen LogP contribution >= 0.6 is 11.6 Å². The Labute approximate surface area is 144 Å². The van der Waals surface area contributed by atoms with E-state index in [0.29, 0.717) is 0 Å². The van der Waals surface area contributed by atoms with Crippen molar-refractivity contribution in [2.75, 3.05) is 5.73 Å². The summed E-state index contributed by atoms with van der Waals surface area (Å²) in [6.45, 7) is -0.188. The first-order valence-electron chi connectivity index (χ1n) is 6.87. The molecule has 0 saturated carbocycles. The summed E-state index contributed by atoms with van der Waals surface area (Å²) < 4.78 is 26.4. The van der Waals surface area contributed by atoms with E-state index in [1.54, 1.807) is 0 Å². The minimum atomic E-state index is -0.780. The Morgan fingerprint density at radius 3 is 2.64 bits per heavy atom. The molecule has 0 aliphatic heterocycles. The molecule has 0 unspecified atom stereocenters. The van der Waals surface area contributed by atoms with Crippen LogP contribution in [-0.4, -0.2) is 30.9 Å². The third-order valence-electron chi connectivity index (χ3n) is 3.14. The third kappa shape index (κ3) is 3.53. The second-order valence-electron chi connectivity index (χ2n) is 4.81. The quantitative estimate of drug-likeness (QED) is 0.724. The van der Waals surface area contributed by atoms with Gasteiger partial charge in [-0.05, 0) is 6.07 Å². The molecule has 3 rings (SSSR count). The molecule has 3 N–H and O–H groups in total. The van der Waals surface area contributed by atoms with Crippen molar-refractivity contribution >= 4 is 23.3 Å². The van der Waals surface area contributed by atoms with Gasteiger partial charge in [0.15, 0.2) is 16.7 Å². The summed E-state index contributed by atoms with van der Waals surface area (Å²) in [6, 6.07) is 3.03. The molecule has 25 heavy (non-hydrogen) atoms. The first-order valence-corrected chi connectivity index (χ1v) is 7.25. The molecule has 0 aliphatic rings. The van der Waals surface area contributed by atoms with Gasteiger partial charge in [-0.25, -0.2) is 18.7 Å². The van der Waals surface area contributed by atoms with Gasteiger partial charge >= 0.3 is 0 Å². The lowest BCUT2D eigenvalue weighted by Gasteiger charge is -2.09. The van der Waals surface area contributed by atoms with Crippen molar-refractivity contribution in [3.63, 3.8) is 0 Å². The molecular weight excluding hydrogens is 356 g/mol. The third-order valence-corrected chi connectivity index (χ3v) is 3.39. The number of nitrogens with two attached hydrogens (primary N) is 1. The molecule has 128 valence electrons. The number of hydrogen-bond donors (Lipinski definition) is 2. The topological polar surface area (TPSA) is 112 Å². The maximum absolute atomic E-state index is 13.6. The van der Waals surface area contributed by atoms with Crippen molar-refractivity contribution in [2.24, 2.45) is 0 Å². The van der Waals surface area contributed by atoms with Gasteiger partial charge in [0.2, 0.25) is 5.82 Å². The van der Waals surface area contributed by atoms with E-state index in [4.69, 9.17) is 17.3 Å². The lowest BCUT2D eigenvalue weighted by molar-refractivity contribution is 0.0946. The number of nitrogens with one attached hydrogen (secondary N) is 1. The van der Waals surface area contributed by atoms with Crippen LogP contribution in [0.2, 0.25) is 5.15 Å². The molecule has 1 aromatic carbocycles. The van der Waals surface area contributed by atoms with Gasteiger partial charge in [-0.1, -0.05) is 17.7 Å². The predicted molar refractivity (Wildman–Crippen MR) is 83.9 cm³/mol. The summed E-state index contributed by atoms with van der Waals surface area (Å²) in [4.78, 5) is 21.1. The molecule has 2 aromatic heterocycles. The fourth-order valence-electron chi connectivity index (χ4n) is 1.96. The molecule has 8 nitrogen and oxygen atoms in total. The van der Waals surface area contributed by atoms with Crippen LogP contribution in [0.25, 0.3) is 5.82 Å². The Hall–Kier alpha value is -3.14. The fourth-order valence-corrected chi connectivity index (χ4v) is 2.16. The van der Waals surface area contributed by atoms with Crippen molar-refractivity contribution in [3.05, 3.63) is 58.6 Å². The van der Waals surface area contributed by atoms with Gasteiger partial charge in [-0.15, -0.1) is 4.80 Å². The molecule has 3 aromatic rings. The Morgan fingerprint density at radius 2 is 1.96 bits per heavy atom. The van der Waals surface area contributed by atoms with Gasteiger partial charge in [-0.3, -0.25) is 4.79 Å². The van der Waals surface area contributed by atoms with E-state index in [-0.39, 0.29) is 34.6 Å². The maximum atomic E-state index is 13.6. The molecule has 0 bridgehead atoms. The second kappa shape index (κ2) is 6.77. The molecule has 0 saturated heterocycles. The number of hydrogen-bond acceptors (Lipinski definition) is 6. The van der Waals surface area contributed by atoms with Gasteiger partial charge in [0, 0.05) is 18.2 Å². The van der Waals surface area contributed by atoms with Crippen molar-refractivity contribution in [2.45, 2.75) is 6.54 Å². The largest absolute Gasteiger partial charge is 0.382 e. The van der Waals surface area contributed by atoms with E-state index < -0.39 is 17.5 Å². The number of nitrogens with zero attached hydrogens (tertiary/aromatic N) is 5. The lowest BCUT2D eigenvalue weighted by atomic mass is 10.2. The van der Waals surface area contributed by atoms with Crippen LogP contribution in [0.3, 0.4) is 0 Å². The summed E-state index contributed by atoms with van der Waals surface area (Å²) in [5.41, 5.74) is 5.60. The highest BCUT2D eigenvalue weighted by molar-refractivity contribution is 6.31. The summed E-state index contributed by atoms with van der Waals surface area (Å²) in [7, 11) is 0. The predicted octanol–water partition coefficient (Wildman–Crippen LogP) is 1.50. The van der Waals surface area contributed by atoms with E-state index in [2.05, 4.69) is 25.5 Å². The highest BCUT2D eigenvalue weighted by Gasteiger charge is 2.19.